The molecule has 0 bridgehead atoms. The van der Waals surface area contributed by atoms with Crippen LogP contribution in [0.4, 0.5) is 24.5 Å². The van der Waals surface area contributed by atoms with E-state index in [2.05, 4.69) is 16.0 Å². The van der Waals surface area contributed by atoms with Crippen molar-refractivity contribution in [2.24, 2.45) is 7.05 Å². The minimum Gasteiger partial charge on any atom is -0.322 e. The number of anilines is 2. The minimum absolute atomic E-state index is 0.0129. The quantitative estimate of drug-likeness (QED) is 0.442. The second kappa shape index (κ2) is 10.3. The third-order valence-corrected chi connectivity index (χ3v) is 6.76. The number of nitrogens with zero attached hydrogens (tertiary/aromatic N) is 5. The standard InChI is InChI=1S/C26H29ClF3N7O/c1-15-7-8-17(10-22(15)37-14-23(36(6)33-37)20-12-31-35(5)16(20)2)25(38)32-19-9-18(13-34(3)4)24(27)21(11-19)26(28,29)30/h7-12,14,33H,13H2,1-6H3,(H,32,38). The first-order valence-electron chi connectivity index (χ1n) is 11.7. The largest absolute Gasteiger partial charge is 0.417 e. The molecule has 12 heteroatoms. The highest BCUT2D eigenvalue weighted by Gasteiger charge is 2.35. The van der Waals surface area contributed by atoms with E-state index in [1.165, 1.54) is 6.07 Å². The Morgan fingerprint density at radius 1 is 1.16 bits per heavy atom. The van der Waals surface area contributed by atoms with Crippen molar-refractivity contribution in [3.8, 4) is 0 Å². The molecule has 1 aliphatic rings. The lowest BCUT2D eigenvalue weighted by atomic mass is 10.1. The second-order valence-corrected chi connectivity index (χ2v) is 9.88. The van der Waals surface area contributed by atoms with Gasteiger partial charge in [-0.1, -0.05) is 17.7 Å². The highest BCUT2D eigenvalue weighted by Crippen LogP contribution is 2.39. The Kier molecular flexibility index (Phi) is 7.46. The van der Waals surface area contributed by atoms with E-state index >= 15 is 0 Å². The molecule has 1 aliphatic heterocycles. The molecule has 2 aromatic carbocycles. The smallest absolute Gasteiger partial charge is 0.322 e. The molecule has 0 radical (unpaired) electrons. The van der Waals surface area contributed by atoms with Crippen LogP contribution in [0.2, 0.25) is 5.02 Å². The first kappa shape index (κ1) is 27.5. The fraction of sp³-hybridized carbons (Fsp3) is 0.308. The topological polar surface area (TPSA) is 68.7 Å². The molecule has 0 fully saturated rings. The molecule has 2 heterocycles. The molecule has 3 aromatic rings. The van der Waals surface area contributed by atoms with Gasteiger partial charge in [0, 0.05) is 49.3 Å². The number of carbonyl (C=O) groups excluding carboxylic acids is 1. The van der Waals surface area contributed by atoms with Crippen molar-refractivity contribution in [1.82, 2.24) is 25.2 Å². The fourth-order valence-corrected chi connectivity index (χ4v) is 4.49. The zero-order chi connectivity index (χ0) is 27.9. The van der Waals surface area contributed by atoms with Crippen molar-refractivity contribution in [2.75, 3.05) is 31.5 Å². The number of benzene rings is 2. The van der Waals surface area contributed by atoms with Crippen LogP contribution in [0.15, 0.2) is 42.7 Å². The van der Waals surface area contributed by atoms with Crippen molar-refractivity contribution in [1.29, 1.82) is 0 Å². The highest BCUT2D eigenvalue weighted by atomic mass is 35.5. The maximum absolute atomic E-state index is 13.7. The second-order valence-electron chi connectivity index (χ2n) is 9.50. The van der Waals surface area contributed by atoms with Crippen LogP contribution in [0.1, 0.15) is 38.3 Å². The van der Waals surface area contributed by atoms with Crippen molar-refractivity contribution in [3.05, 3.63) is 81.3 Å². The van der Waals surface area contributed by atoms with Gasteiger partial charge in [0.05, 0.1) is 28.2 Å². The van der Waals surface area contributed by atoms with Crippen molar-refractivity contribution in [3.63, 3.8) is 0 Å². The van der Waals surface area contributed by atoms with E-state index in [1.54, 1.807) is 53.1 Å². The summed E-state index contributed by atoms with van der Waals surface area (Å²) in [7, 11) is 7.19. The number of halogens is 4. The molecular weight excluding hydrogens is 519 g/mol. The third-order valence-electron chi connectivity index (χ3n) is 6.31. The number of hydrazine groups is 2. The molecule has 0 saturated carbocycles. The van der Waals surface area contributed by atoms with E-state index < -0.39 is 17.6 Å². The summed E-state index contributed by atoms with van der Waals surface area (Å²) in [4.78, 5) is 14.9. The summed E-state index contributed by atoms with van der Waals surface area (Å²) in [5, 5.41) is 10.2. The molecule has 0 unspecified atom stereocenters. The van der Waals surface area contributed by atoms with Crippen LogP contribution >= 0.6 is 11.6 Å². The van der Waals surface area contributed by atoms with Crippen molar-refractivity contribution < 1.29 is 18.0 Å². The normalized spacial score (nSPS) is 13.9. The predicted octanol–water partition coefficient (Wildman–Crippen LogP) is 5.19. The average molecular weight is 548 g/mol. The SMILES string of the molecule is Cc1ccc(C(=O)Nc2cc(CN(C)C)c(Cl)c(C(F)(F)F)c2)cc1N1C=C(c2cnn(C)c2C)N(C)N1. The molecule has 1 amide bonds. The number of rotatable bonds is 6. The minimum atomic E-state index is -4.67. The Balaban J connectivity index is 1.64. The number of hydrogen-bond acceptors (Lipinski definition) is 6. The lowest BCUT2D eigenvalue weighted by Gasteiger charge is -2.22. The van der Waals surface area contributed by atoms with Gasteiger partial charge < -0.3 is 10.2 Å². The molecule has 0 spiro atoms. The van der Waals surface area contributed by atoms with Gasteiger partial charge >= 0.3 is 6.18 Å². The van der Waals surface area contributed by atoms with E-state index in [9.17, 15) is 18.0 Å². The maximum Gasteiger partial charge on any atom is 0.417 e. The lowest BCUT2D eigenvalue weighted by Crippen LogP contribution is -2.38. The van der Waals surface area contributed by atoms with Crippen LogP contribution in [0.5, 0.6) is 0 Å². The number of aromatic nitrogens is 2. The Hall–Kier alpha value is -3.54. The van der Waals surface area contributed by atoms with Crippen LogP contribution < -0.4 is 15.9 Å². The van der Waals surface area contributed by atoms with Crippen LogP contribution in [0.3, 0.4) is 0 Å². The first-order chi connectivity index (χ1) is 17.8. The van der Waals surface area contributed by atoms with Crippen molar-refractivity contribution >= 4 is 34.6 Å². The molecule has 4 rings (SSSR count). The van der Waals surface area contributed by atoms with Crippen LogP contribution in [-0.4, -0.2) is 46.7 Å². The summed E-state index contributed by atoms with van der Waals surface area (Å²) >= 11 is 6.07. The Bertz CT molecular complexity index is 1410. The molecular formula is C26H29ClF3N7O. The van der Waals surface area contributed by atoms with E-state index in [0.717, 1.165) is 28.6 Å². The number of aryl methyl sites for hydroxylation is 2. The molecule has 202 valence electrons. The van der Waals surface area contributed by atoms with Gasteiger partial charge in [-0.2, -0.15) is 18.3 Å². The summed E-state index contributed by atoms with van der Waals surface area (Å²) < 4.78 is 42.7. The fourth-order valence-electron chi connectivity index (χ4n) is 4.21. The highest BCUT2D eigenvalue weighted by molar-refractivity contribution is 6.32. The van der Waals surface area contributed by atoms with Gasteiger partial charge in [0.2, 0.25) is 0 Å². The predicted molar refractivity (Wildman–Crippen MR) is 142 cm³/mol. The molecule has 1 aromatic heterocycles. The zero-order valence-electron chi connectivity index (χ0n) is 21.9. The van der Waals surface area contributed by atoms with Gasteiger partial charge in [-0.3, -0.25) is 19.5 Å². The third kappa shape index (κ3) is 5.50. The number of amides is 1. The zero-order valence-corrected chi connectivity index (χ0v) is 22.7. The van der Waals surface area contributed by atoms with E-state index in [4.69, 9.17) is 11.6 Å². The molecule has 38 heavy (non-hydrogen) atoms. The van der Waals surface area contributed by atoms with E-state index in [1.807, 2.05) is 39.2 Å². The van der Waals surface area contributed by atoms with Gasteiger partial charge in [0.15, 0.2) is 0 Å². The van der Waals surface area contributed by atoms with Gasteiger partial charge in [-0.25, -0.2) is 0 Å². The van der Waals surface area contributed by atoms with Gasteiger partial charge in [0.25, 0.3) is 5.91 Å². The average Bonchev–Trinajstić information content (AvgIpc) is 3.36. The number of nitrogens with one attached hydrogen (secondary N) is 2. The van der Waals surface area contributed by atoms with Crippen LogP contribution in [-0.2, 0) is 19.8 Å². The number of carbonyl (C=O) groups is 1. The molecule has 2 N–H and O–H groups in total. The number of hydrogen-bond donors (Lipinski definition) is 2. The van der Waals surface area contributed by atoms with Crippen molar-refractivity contribution in [2.45, 2.75) is 26.6 Å². The Labute approximate surface area is 224 Å². The summed E-state index contributed by atoms with van der Waals surface area (Å²) in [5.74, 6) is -0.544. The monoisotopic (exact) mass is 547 g/mol. The lowest BCUT2D eigenvalue weighted by molar-refractivity contribution is -0.137. The molecule has 0 aliphatic carbocycles. The van der Waals surface area contributed by atoms with Crippen LogP contribution in [0.25, 0.3) is 5.70 Å². The van der Waals surface area contributed by atoms with Gasteiger partial charge in [0.1, 0.15) is 0 Å². The molecule has 0 atom stereocenters. The molecule has 0 saturated heterocycles. The molecule has 8 nitrogen and oxygen atoms in total. The van der Waals surface area contributed by atoms with E-state index in [0.29, 0.717) is 5.69 Å². The summed E-state index contributed by atoms with van der Waals surface area (Å²) in [6, 6.07) is 7.42. The summed E-state index contributed by atoms with van der Waals surface area (Å²) in [5.41, 5.74) is 7.23. The summed E-state index contributed by atoms with van der Waals surface area (Å²) in [6.07, 6.45) is -0.984. The van der Waals surface area contributed by atoms with Gasteiger partial charge in [-0.15, -0.1) is 5.53 Å². The Morgan fingerprint density at radius 3 is 2.47 bits per heavy atom. The first-order valence-corrected chi connectivity index (χ1v) is 12.1. The number of alkyl halides is 3. The maximum atomic E-state index is 13.7. The Morgan fingerprint density at radius 2 is 1.87 bits per heavy atom. The summed E-state index contributed by atoms with van der Waals surface area (Å²) in [6.45, 7) is 4.06. The van der Waals surface area contributed by atoms with E-state index in [-0.39, 0.29) is 28.4 Å². The van der Waals surface area contributed by atoms with Crippen LogP contribution in [0, 0.1) is 13.8 Å². The van der Waals surface area contributed by atoms with Gasteiger partial charge in [-0.05, 0) is 63.3 Å².